The average Bonchev–Trinajstić information content (AvgIpc) is 2.73. The summed E-state index contributed by atoms with van der Waals surface area (Å²) in [6, 6.07) is 15.1. The predicted octanol–water partition coefficient (Wildman–Crippen LogP) is 1.12. The second kappa shape index (κ2) is 9.36. The third-order valence-electron chi connectivity index (χ3n) is 4.86. The Labute approximate surface area is 164 Å². The van der Waals surface area contributed by atoms with Gasteiger partial charge in [-0.15, -0.1) is 0 Å². The zero-order valence-electron chi connectivity index (χ0n) is 15.9. The second-order valence-electron chi connectivity index (χ2n) is 6.66. The number of aliphatic hydroxyl groups excluding tert-OH is 3. The fraction of sp³-hybridized carbons (Fsp3) is 0.429. The molecule has 7 heteroatoms. The molecule has 0 spiro atoms. The van der Waals surface area contributed by atoms with Crippen molar-refractivity contribution < 1.29 is 34.3 Å². The first-order valence-electron chi connectivity index (χ1n) is 9.10. The van der Waals surface area contributed by atoms with Crippen molar-refractivity contribution in [1.82, 2.24) is 0 Å². The fourth-order valence-electron chi connectivity index (χ4n) is 3.29. The number of hydrogen-bond donors (Lipinski definition) is 3. The van der Waals surface area contributed by atoms with Crippen LogP contribution in [-0.2, 0) is 15.9 Å². The second-order valence-corrected chi connectivity index (χ2v) is 6.66. The monoisotopic (exact) mass is 390 g/mol. The molecule has 2 aromatic rings. The van der Waals surface area contributed by atoms with E-state index in [2.05, 4.69) is 0 Å². The van der Waals surface area contributed by atoms with E-state index in [0.717, 1.165) is 16.9 Å². The van der Waals surface area contributed by atoms with Crippen LogP contribution in [0.3, 0.4) is 0 Å². The van der Waals surface area contributed by atoms with Crippen LogP contribution in [-0.4, -0.2) is 66.9 Å². The summed E-state index contributed by atoms with van der Waals surface area (Å²) in [4.78, 5) is 0. The van der Waals surface area contributed by atoms with Crippen molar-refractivity contribution in [2.24, 2.45) is 0 Å². The zero-order valence-corrected chi connectivity index (χ0v) is 15.9. The molecule has 2 aromatic carbocycles. The Bertz CT molecular complexity index is 747. The van der Waals surface area contributed by atoms with Gasteiger partial charge >= 0.3 is 0 Å². The van der Waals surface area contributed by atoms with Gasteiger partial charge in [-0.1, -0.05) is 30.3 Å². The van der Waals surface area contributed by atoms with E-state index >= 15 is 0 Å². The van der Waals surface area contributed by atoms with Crippen molar-refractivity contribution in [1.29, 1.82) is 0 Å². The lowest BCUT2D eigenvalue weighted by Gasteiger charge is -2.41. The maximum atomic E-state index is 10.4. The molecule has 0 aliphatic carbocycles. The van der Waals surface area contributed by atoms with Gasteiger partial charge in [0.15, 0.2) is 0 Å². The lowest BCUT2D eigenvalue weighted by atomic mass is 9.99. The SMILES string of the molecule is COc1ccc(Cc2ccccc2O[C@@H]2O[C@H](CO)[C@@H](OC)[C@H](O)[C@H]2O)cc1. The van der Waals surface area contributed by atoms with Crippen LogP contribution < -0.4 is 9.47 Å². The third-order valence-corrected chi connectivity index (χ3v) is 4.86. The Morgan fingerprint density at radius 2 is 1.68 bits per heavy atom. The minimum atomic E-state index is -1.32. The number of benzene rings is 2. The summed E-state index contributed by atoms with van der Waals surface area (Å²) in [6.07, 6.45) is -4.72. The predicted molar refractivity (Wildman–Crippen MR) is 101 cm³/mol. The van der Waals surface area contributed by atoms with Gasteiger partial charge in [0.05, 0.1) is 13.7 Å². The molecule has 7 nitrogen and oxygen atoms in total. The smallest absolute Gasteiger partial charge is 0.229 e. The Kier molecular flexibility index (Phi) is 6.88. The van der Waals surface area contributed by atoms with Crippen LogP contribution in [0.4, 0.5) is 0 Å². The maximum Gasteiger partial charge on any atom is 0.229 e. The van der Waals surface area contributed by atoms with Gasteiger partial charge in [-0.2, -0.15) is 0 Å². The standard InChI is InChI=1S/C21H26O7/c1-25-15-9-7-13(8-10-15)11-14-5-3-4-6-16(14)27-21-19(24)18(23)20(26-2)17(12-22)28-21/h3-10,17-24H,11-12H2,1-2H3/t17-,18-,19-,20-,21-/m1/s1. The Morgan fingerprint density at radius 1 is 0.964 bits per heavy atom. The van der Waals surface area contributed by atoms with Gasteiger partial charge in [-0.05, 0) is 29.3 Å². The number of hydrogen-bond acceptors (Lipinski definition) is 7. The van der Waals surface area contributed by atoms with E-state index in [0.29, 0.717) is 12.2 Å². The minimum absolute atomic E-state index is 0.365. The molecule has 3 rings (SSSR count). The van der Waals surface area contributed by atoms with Crippen LogP contribution in [0, 0.1) is 0 Å². The van der Waals surface area contributed by atoms with Crippen LogP contribution in [0.2, 0.25) is 0 Å². The molecule has 28 heavy (non-hydrogen) atoms. The molecule has 0 amide bonds. The van der Waals surface area contributed by atoms with Crippen molar-refractivity contribution in [3.63, 3.8) is 0 Å². The Balaban J connectivity index is 1.77. The average molecular weight is 390 g/mol. The first kappa shape index (κ1) is 20.6. The van der Waals surface area contributed by atoms with Crippen LogP contribution in [0.15, 0.2) is 48.5 Å². The number of methoxy groups -OCH3 is 2. The molecule has 0 aromatic heterocycles. The van der Waals surface area contributed by atoms with E-state index in [1.54, 1.807) is 13.2 Å². The summed E-state index contributed by atoms with van der Waals surface area (Å²) in [5, 5.41) is 30.2. The molecule has 0 saturated carbocycles. The Hall–Kier alpha value is -2.16. The summed E-state index contributed by atoms with van der Waals surface area (Å²) in [6.45, 7) is -0.365. The van der Waals surface area contributed by atoms with Gasteiger partial charge in [0.25, 0.3) is 0 Å². The molecule has 3 N–H and O–H groups in total. The highest BCUT2D eigenvalue weighted by Gasteiger charge is 2.45. The largest absolute Gasteiger partial charge is 0.497 e. The van der Waals surface area contributed by atoms with Crippen molar-refractivity contribution in [2.45, 2.75) is 37.1 Å². The highest BCUT2D eigenvalue weighted by Crippen LogP contribution is 2.29. The molecule has 0 radical (unpaired) electrons. The van der Waals surface area contributed by atoms with Gasteiger partial charge in [0, 0.05) is 13.5 Å². The number of rotatable bonds is 7. The Morgan fingerprint density at radius 3 is 2.32 bits per heavy atom. The summed E-state index contributed by atoms with van der Waals surface area (Å²) >= 11 is 0. The van der Waals surface area contributed by atoms with E-state index in [-0.39, 0.29) is 6.61 Å². The highest BCUT2D eigenvalue weighted by atomic mass is 16.7. The van der Waals surface area contributed by atoms with E-state index in [1.165, 1.54) is 7.11 Å². The van der Waals surface area contributed by atoms with Crippen LogP contribution in [0.1, 0.15) is 11.1 Å². The molecule has 0 bridgehead atoms. The minimum Gasteiger partial charge on any atom is -0.497 e. The van der Waals surface area contributed by atoms with Crippen LogP contribution >= 0.6 is 0 Å². The number of ether oxygens (including phenoxy) is 4. The first-order valence-corrected chi connectivity index (χ1v) is 9.10. The molecule has 152 valence electrons. The molecular formula is C21H26O7. The van der Waals surface area contributed by atoms with Gasteiger partial charge < -0.3 is 34.3 Å². The summed E-state index contributed by atoms with van der Waals surface area (Å²) < 4.78 is 21.8. The summed E-state index contributed by atoms with van der Waals surface area (Å²) in [7, 11) is 3.01. The quantitative estimate of drug-likeness (QED) is 0.652. The summed E-state index contributed by atoms with van der Waals surface area (Å²) in [5.74, 6) is 1.31. The van der Waals surface area contributed by atoms with Crippen LogP contribution in [0.25, 0.3) is 0 Å². The lowest BCUT2D eigenvalue weighted by molar-refractivity contribution is -0.282. The number of aliphatic hydroxyl groups is 3. The molecular weight excluding hydrogens is 364 g/mol. The molecule has 1 heterocycles. The lowest BCUT2D eigenvalue weighted by Crippen LogP contribution is -2.60. The topological polar surface area (TPSA) is 97.6 Å². The molecule has 1 saturated heterocycles. The fourth-order valence-corrected chi connectivity index (χ4v) is 3.29. The molecule has 1 fully saturated rings. The van der Waals surface area contributed by atoms with E-state index in [9.17, 15) is 15.3 Å². The molecule has 1 aliphatic heterocycles. The molecule has 0 unspecified atom stereocenters. The third kappa shape index (κ3) is 4.45. The van der Waals surface area contributed by atoms with Crippen molar-refractivity contribution in [2.75, 3.05) is 20.8 Å². The highest BCUT2D eigenvalue weighted by molar-refractivity contribution is 5.39. The van der Waals surface area contributed by atoms with Crippen LogP contribution in [0.5, 0.6) is 11.5 Å². The van der Waals surface area contributed by atoms with E-state index in [1.807, 2.05) is 42.5 Å². The van der Waals surface area contributed by atoms with E-state index in [4.69, 9.17) is 18.9 Å². The normalized spacial score (nSPS) is 27.4. The zero-order chi connectivity index (χ0) is 20.1. The van der Waals surface area contributed by atoms with Gasteiger partial charge in [0.2, 0.25) is 6.29 Å². The van der Waals surface area contributed by atoms with Gasteiger partial charge in [-0.25, -0.2) is 0 Å². The van der Waals surface area contributed by atoms with Crippen molar-refractivity contribution in [3.8, 4) is 11.5 Å². The first-order chi connectivity index (χ1) is 13.6. The molecule has 1 aliphatic rings. The molecule has 5 atom stereocenters. The number of para-hydroxylation sites is 1. The van der Waals surface area contributed by atoms with E-state index < -0.39 is 30.7 Å². The van der Waals surface area contributed by atoms with Gasteiger partial charge in [0.1, 0.15) is 35.9 Å². The maximum absolute atomic E-state index is 10.4. The van der Waals surface area contributed by atoms with Gasteiger partial charge in [-0.3, -0.25) is 0 Å². The van der Waals surface area contributed by atoms with Crippen molar-refractivity contribution in [3.05, 3.63) is 59.7 Å². The summed E-state index contributed by atoms with van der Waals surface area (Å²) in [5.41, 5.74) is 1.96. The van der Waals surface area contributed by atoms with Crippen molar-refractivity contribution >= 4 is 0 Å².